The summed E-state index contributed by atoms with van der Waals surface area (Å²) in [5.41, 5.74) is 0. The third-order valence-corrected chi connectivity index (χ3v) is 3.87. The molecule has 84 valence electrons. The van der Waals surface area contributed by atoms with Crippen LogP contribution in [0.3, 0.4) is 0 Å². The van der Waals surface area contributed by atoms with Gasteiger partial charge >= 0.3 is 6.18 Å². The van der Waals surface area contributed by atoms with E-state index in [1.54, 1.807) is 0 Å². The number of hydrogen-bond acceptors (Lipinski definition) is 2. The van der Waals surface area contributed by atoms with Gasteiger partial charge in [-0.2, -0.15) is 21.6 Å². The molecule has 0 aliphatic heterocycles. The van der Waals surface area contributed by atoms with Crippen molar-refractivity contribution in [3.63, 3.8) is 0 Å². The lowest BCUT2D eigenvalue weighted by Crippen LogP contribution is -2.32. The van der Waals surface area contributed by atoms with Crippen LogP contribution in [0, 0.1) is 5.92 Å². The molecule has 0 saturated heterocycles. The molecule has 1 aliphatic carbocycles. The molecule has 1 saturated carbocycles. The van der Waals surface area contributed by atoms with Crippen molar-refractivity contribution in [3.8, 4) is 0 Å². The lowest BCUT2D eigenvalue weighted by atomic mass is 9.88. The highest BCUT2D eigenvalue weighted by atomic mass is 32.2. The molecule has 0 unspecified atom stereocenters. The molecule has 0 spiro atoms. The lowest BCUT2D eigenvalue weighted by Gasteiger charge is -2.27. The molecule has 0 aromatic heterocycles. The molecular weight excluding hydrogens is 221 g/mol. The van der Waals surface area contributed by atoms with E-state index in [-0.39, 0.29) is 25.7 Å². The van der Waals surface area contributed by atoms with Gasteiger partial charge in [0, 0.05) is 0 Å². The number of halogens is 3. The SMILES string of the molecule is O=S(=O)(O)C1CCC(C(F)(F)F)CC1. The van der Waals surface area contributed by atoms with Crippen LogP contribution in [-0.4, -0.2) is 24.4 Å². The molecule has 1 aliphatic rings. The highest BCUT2D eigenvalue weighted by Gasteiger charge is 2.43. The molecule has 1 N–H and O–H groups in total. The summed E-state index contributed by atoms with van der Waals surface area (Å²) in [5.74, 6) is -1.42. The van der Waals surface area contributed by atoms with E-state index in [0.717, 1.165) is 0 Å². The minimum absolute atomic E-state index is 0.108. The number of alkyl halides is 3. The fourth-order valence-electron chi connectivity index (χ4n) is 1.69. The average molecular weight is 232 g/mol. The van der Waals surface area contributed by atoms with Crippen LogP contribution in [0.25, 0.3) is 0 Å². The van der Waals surface area contributed by atoms with Crippen LogP contribution in [0.4, 0.5) is 13.2 Å². The summed E-state index contributed by atoms with van der Waals surface area (Å²) in [7, 11) is -4.16. The molecule has 0 radical (unpaired) electrons. The topological polar surface area (TPSA) is 54.4 Å². The van der Waals surface area contributed by atoms with E-state index in [0.29, 0.717) is 0 Å². The van der Waals surface area contributed by atoms with Gasteiger partial charge in [0.05, 0.1) is 11.2 Å². The summed E-state index contributed by atoms with van der Waals surface area (Å²) in [6.07, 6.45) is -4.89. The van der Waals surface area contributed by atoms with Crippen LogP contribution in [0.5, 0.6) is 0 Å². The van der Waals surface area contributed by atoms with E-state index in [1.807, 2.05) is 0 Å². The highest BCUT2D eigenvalue weighted by molar-refractivity contribution is 7.86. The van der Waals surface area contributed by atoms with E-state index in [1.165, 1.54) is 0 Å². The molecule has 3 nitrogen and oxygen atoms in total. The van der Waals surface area contributed by atoms with Gasteiger partial charge in [0.2, 0.25) is 0 Å². The van der Waals surface area contributed by atoms with Crippen LogP contribution in [0.15, 0.2) is 0 Å². The molecule has 1 rings (SSSR count). The summed E-state index contributed by atoms with van der Waals surface area (Å²) in [6.45, 7) is 0. The van der Waals surface area contributed by atoms with Crippen LogP contribution >= 0.6 is 0 Å². The fraction of sp³-hybridized carbons (Fsp3) is 1.00. The smallest absolute Gasteiger partial charge is 0.285 e. The maximum Gasteiger partial charge on any atom is 0.391 e. The quantitative estimate of drug-likeness (QED) is 0.703. The molecule has 0 heterocycles. The first-order valence-corrected chi connectivity index (χ1v) is 5.74. The zero-order valence-corrected chi connectivity index (χ0v) is 8.11. The third kappa shape index (κ3) is 2.84. The second-order valence-corrected chi connectivity index (χ2v) is 5.23. The van der Waals surface area contributed by atoms with Gasteiger partial charge in [-0.25, -0.2) is 0 Å². The fourth-order valence-corrected chi connectivity index (χ4v) is 2.56. The number of rotatable bonds is 1. The Morgan fingerprint density at radius 2 is 1.50 bits per heavy atom. The zero-order valence-electron chi connectivity index (χ0n) is 7.29. The molecule has 14 heavy (non-hydrogen) atoms. The van der Waals surface area contributed by atoms with E-state index in [2.05, 4.69) is 0 Å². The summed E-state index contributed by atoms with van der Waals surface area (Å²) in [5, 5.41) is -1.01. The van der Waals surface area contributed by atoms with Crippen LogP contribution < -0.4 is 0 Å². The van der Waals surface area contributed by atoms with Gasteiger partial charge in [0.15, 0.2) is 0 Å². The molecule has 0 aromatic rings. The Labute approximate surface area is 80.0 Å². The third-order valence-electron chi connectivity index (χ3n) is 2.56. The summed E-state index contributed by atoms with van der Waals surface area (Å²) in [4.78, 5) is 0. The van der Waals surface area contributed by atoms with Crippen molar-refractivity contribution in [2.45, 2.75) is 37.1 Å². The lowest BCUT2D eigenvalue weighted by molar-refractivity contribution is -0.181. The van der Waals surface area contributed by atoms with Gasteiger partial charge < -0.3 is 0 Å². The molecule has 0 aromatic carbocycles. The van der Waals surface area contributed by atoms with Crippen molar-refractivity contribution in [1.82, 2.24) is 0 Å². The van der Waals surface area contributed by atoms with Crippen molar-refractivity contribution in [2.24, 2.45) is 5.92 Å². The van der Waals surface area contributed by atoms with Gasteiger partial charge in [0.25, 0.3) is 10.1 Å². The van der Waals surface area contributed by atoms with Crippen molar-refractivity contribution < 1.29 is 26.1 Å². The second-order valence-electron chi connectivity index (χ2n) is 3.53. The molecule has 0 bridgehead atoms. The van der Waals surface area contributed by atoms with Crippen molar-refractivity contribution in [1.29, 1.82) is 0 Å². The highest BCUT2D eigenvalue weighted by Crippen LogP contribution is 2.38. The molecule has 0 atom stereocenters. The Balaban J connectivity index is 2.56. The first kappa shape index (κ1) is 11.8. The zero-order chi connectivity index (χ0) is 11.0. The van der Waals surface area contributed by atoms with Gasteiger partial charge in [-0.1, -0.05) is 0 Å². The minimum atomic E-state index is -4.25. The Bertz CT molecular complexity index is 288. The maximum atomic E-state index is 12.2. The Hall–Kier alpha value is -0.300. The predicted molar refractivity (Wildman–Crippen MR) is 43.3 cm³/mol. The first-order valence-electron chi connectivity index (χ1n) is 4.24. The van der Waals surface area contributed by atoms with Crippen LogP contribution in [-0.2, 0) is 10.1 Å². The van der Waals surface area contributed by atoms with Crippen molar-refractivity contribution in [2.75, 3.05) is 0 Å². The Morgan fingerprint density at radius 3 is 1.79 bits per heavy atom. The van der Waals surface area contributed by atoms with Crippen LogP contribution in [0.2, 0.25) is 0 Å². The Morgan fingerprint density at radius 1 is 1.07 bits per heavy atom. The predicted octanol–water partition coefficient (Wildman–Crippen LogP) is 2.00. The Kier molecular flexibility index (Phi) is 3.10. The van der Waals surface area contributed by atoms with E-state index < -0.39 is 27.5 Å². The van der Waals surface area contributed by atoms with E-state index in [9.17, 15) is 21.6 Å². The normalized spacial score (nSPS) is 30.3. The van der Waals surface area contributed by atoms with Gasteiger partial charge in [-0.3, -0.25) is 4.55 Å². The van der Waals surface area contributed by atoms with Gasteiger partial charge in [0.1, 0.15) is 0 Å². The second kappa shape index (κ2) is 3.69. The summed E-state index contributed by atoms with van der Waals surface area (Å²) >= 11 is 0. The van der Waals surface area contributed by atoms with Crippen molar-refractivity contribution >= 4 is 10.1 Å². The molecule has 7 heteroatoms. The standard InChI is InChI=1S/C7H11F3O3S/c8-7(9,10)5-1-3-6(4-2-5)14(11,12)13/h5-6H,1-4H2,(H,11,12,13). The van der Waals surface area contributed by atoms with Crippen molar-refractivity contribution in [3.05, 3.63) is 0 Å². The largest absolute Gasteiger partial charge is 0.391 e. The monoisotopic (exact) mass is 232 g/mol. The molecule has 0 amide bonds. The van der Waals surface area contributed by atoms with Gasteiger partial charge in [-0.15, -0.1) is 0 Å². The van der Waals surface area contributed by atoms with E-state index >= 15 is 0 Å². The maximum absolute atomic E-state index is 12.2. The summed E-state index contributed by atoms with van der Waals surface area (Å²) < 4.78 is 66.3. The summed E-state index contributed by atoms with van der Waals surface area (Å²) in [6, 6.07) is 0. The molecular formula is C7H11F3O3S. The number of hydrogen-bond donors (Lipinski definition) is 1. The average Bonchev–Trinajstić information content (AvgIpc) is 2.01. The van der Waals surface area contributed by atoms with E-state index in [4.69, 9.17) is 4.55 Å². The minimum Gasteiger partial charge on any atom is -0.285 e. The van der Waals surface area contributed by atoms with Gasteiger partial charge in [-0.05, 0) is 25.7 Å². The molecule has 1 fully saturated rings. The van der Waals surface area contributed by atoms with Crippen LogP contribution in [0.1, 0.15) is 25.7 Å². The first-order chi connectivity index (χ1) is 6.21.